The normalized spacial score (nSPS) is 15.7. The number of halogens is 1. The molecule has 1 aliphatic rings. The number of benzene rings is 2. The average molecular weight is 395 g/mol. The fourth-order valence-corrected chi connectivity index (χ4v) is 4.78. The van der Waals surface area contributed by atoms with Crippen LogP contribution in [-0.2, 0) is 10.0 Å². The van der Waals surface area contributed by atoms with Gasteiger partial charge in [-0.05, 0) is 30.3 Å². The molecule has 26 heavy (non-hydrogen) atoms. The molecule has 0 unspecified atom stereocenters. The lowest BCUT2D eigenvalue weighted by atomic mass is 10.1. The minimum absolute atomic E-state index is 0.0919. The molecule has 1 fully saturated rings. The quantitative estimate of drug-likeness (QED) is 0.799. The van der Waals surface area contributed by atoms with Crippen LogP contribution in [0.4, 0.5) is 0 Å². The van der Waals surface area contributed by atoms with E-state index in [9.17, 15) is 13.2 Å². The summed E-state index contributed by atoms with van der Waals surface area (Å²) in [5.74, 6) is 0.467. The van der Waals surface area contributed by atoms with Gasteiger partial charge in [-0.15, -0.1) is 0 Å². The van der Waals surface area contributed by atoms with E-state index in [-0.39, 0.29) is 28.9 Å². The van der Waals surface area contributed by atoms with Crippen molar-refractivity contribution in [3.63, 3.8) is 0 Å². The number of carbonyl (C=O) groups excluding carboxylic acids is 1. The topological polar surface area (TPSA) is 66.9 Å². The van der Waals surface area contributed by atoms with Crippen molar-refractivity contribution in [1.82, 2.24) is 9.21 Å². The van der Waals surface area contributed by atoms with Gasteiger partial charge in [0.1, 0.15) is 10.6 Å². The number of amides is 1. The molecule has 0 atom stereocenters. The maximum absolute atomic E-state index is 12.8. The number of hydrogen-bond donors (Lipinski definition) is 0. The SMILES string of the molecule is COc1cccc(C(=O)N2CCN(S(=O)(=O)c3ccccc3Cl)CC2)c1. The summed E-state index contributed by atoms with van der Waals surface area (Å²) in [5, 5.41) is 0.197. The van der Waals surface area contributed by atoms with Gasteiger partial charge in [-0.25, -0.2) is 8.42 Å². The zero-order chi connectivity index (χ0) is 18.7. The Morgan fingerprint density at radius 3 is 2.38 bits per heavy atom. The van der Waals surface area contributed by atoms with Crippen LogP contribution in [0, 0.1) is 0 Å². The molecule has 1 amide bonds. The number of piperazine rings is 1. The summed E-state index contributed by atoms with van der Waals surface area (Å²) in [6, 6.07) is 13.3. The predicted octanol–water partition coefficient (Wildman–Crippen LogP) is 2.50. The van der Waals surface area contributed by atoms with Gasteiger partial charge in [0.25, 0.3) is 5.91 Å². The van der Waals surface area contributed by atoms with Crippen LogP contribution in [0.3, 0.4) is 0 Å². The number of sulfonamides is 1. The molecule has 0 aliphatic carbocycles. The van der Waals surface area contributed by atoms with Crippen LogP contribution in [0.5, 0.6) is 5.75 Å². The third-order valence-corrected chi connectivity index (χ3v) is 6.70. The van der Waals surface area contributed by atoms with E-state index >= 15 is 0 Å². The Morgan fingerprint density at radius 1 is 1.04 bits per heavy atom. The van der Waals surface area contributed by atoms with Crippen molar-refractivity contribution < 1.29 is 17.9 Å². The number of ether oxygens (including phenoxy) is 1. The van der Waals surface area contributed by atoms with Crippen LogP contribution < -0.4 is 4.74 Å². The molecule has 3 rings (SSSR count). The van der Waals surface area contributed by atoms with Crippen LogP contribution in [-0.4, -0.2) is 56.8 Å². The van der Waals surface area contributed by atoms with Gasteiger partial charge in [0, 0.05) is 31.7 Å². The summed E-state index contributed by atoms with van der Waals surface area (Å²) < 4.78 is 32.0. The number of carbonyl (C=O) groups is 1. The summed E-state index contributed by atoms with van der Waals surface area (Å²) in [6.07, 6.45) is 0. The van der Waals surface area contributed by atoms with Crippen molar-refractivity contribution in [3.05, 3.63) is 59.1 Å². The third kappa shape index (κ3) is 3.70. The second-order valence-electron chi connectivity index (χ2n) is 5.86. The number of nitrogens with zero attached hydrogens (tertiary/aromatic N) is 2. The predicted molar refractivity (Wildman–Crippen MR) is 99.1 cm³/mol. The molecule has 0 aromatic heterocycles. The van der Waals surface area contributed by atoms with Gasteiger partial charge in [-0.1, -0.05) is 29.8 Å². The second kappa shape index (κ2) is 7.65. The number of rotatable bonds is 4. The van der Waals surface area contributed by atoms with Crippen molar-refractivity contribution in [2.24, 2.45) is 0 Å². The van der Waals surface area contributed by atoms with Crippen molar-refractivity contribution >= 4 is 27.5 Å². The third-order valence-electron chi connectivity index (χ3n) is 4.30. The van der Waals surface area contributed by atoms with Crippen molar-refractivity contribution in [2.75, 3.05) is 33.3 Å². The summed E-state index contributed by atoms with van der Waals surface area (Å²) >= 11 is 6.03. The van der Waals surface area contributed by atoms with Crippen LogP contribution in [0.25, 0.3) is 0 Å². The first-order chi connectivity index (χ1) is 12.4. The van der Waals surface area contributed by atoms with E-state index in [0.29, 0.717) is 24.4 Å². The van der Waals surface area contributed by atoms with Crippen molar-refractivity contribution in [2.45, 2.75) is 4.90 Å². The van der Waals surface area contributed by atoms with Gasteiger partial charge in [-0.3, -0.25) is 4.79 Å². The summed E-state index contributed by atoms with van der Waals surface area (Å²) in [5.41, 5.74) is 0.520. The Hall–Kier alpha value is -2.09. The molecule has 2 aromatic rings. The molecule has 0 radical (unpaired) electrons. The van der Waals surface area contributed by atoms with Gasteiger partial charge in [0.15, 0.2) is 0 Å². The molecule has 1 heterocycles. The van der Waals surface area contributed by atoms with Crippen LogP contribution >= 0.6 is 11.6 Å². The first kappa shape index (κ1) is 18.7. The van der Waals surface area contributed by atoms with Crippen molar-refractivity contribution in [1.29, 1.82) is 0 Å². The fourth-order valence-electron chi connectivity index (χ4n) is 2.86. The highest BCUT2D eigenvalue weighted by atomic mass is 35.5. The molecule has 0 saturated carbocycles. The fraction of sp³-hybridized carbons (Fsp3) is 0.278. The molecule has 2 aromatic carbocycles. The molecule has 8 heteroatoms. The number of hydrogen-bond acceptors (Lipinski definition) is 4. The van der Waals surface area contributed by atoms with E-state index in [1.807, 2.05) is 0 Å². The van der Waals surface area contributed by atoms with E-state index in [1.54, 1.807) is 54.5 Å². The van der Waals surface area contributed by atoms with Crippen LogP contribution in [0.1, 0.15) is 10.4 Å². The van der Waals surface area contributed by atoms with Gasteiger partial charge in [0.2, 0.25) is 10.0 Å². The average Bonchev–Trinajstić information content (AvgIpc) is 2.67. The van der Waals surface area contributed by atoms with Gasteiger partial charge in [-0.2, -0.15) is 4.31 Å². The Balaban J connectivity index is 1.71. The molecule has 0 N–H and O–H groups in total. The van der Waals surface area contributed by atoms with Crippen molar-refractivity contribution in [3.8, 4) is 5.75 Å². The highest BCUT2D eigenvalue weighted by Gasteiger charge is 2.31. The maximum Gasteiger partial charge on any atom is 0.254 e. The highest BCUT2D eigenvalue weighted by molar-refractivity contribution is 7.89. The summed E-state index contributed by atoms with van der Waals surface area (Å²) in [7, 11) is -2.13. The molecule has 6 nitrogen and oxygen atoms in total. The molecular formula is C18H19ClN2O4S. The lowest BCUT2D eigenvalue weighted by molar-refractivity contribution is 0.0697. The minimum atomic E-state index is -3.67. The Labute approximate surface area is 158 Å². The van der Waals surface area contributed by atoms with E-state index in [0.717, 1.165) is 0 Å². The zero-order valence-corrected chi connectivity index (χ0v) is 15.8. The molecule has 0 bridgehead atoms. The summed E-state index contributed by atoms with van der Waals surface area (Å²) in [4.78, 5) is 14.4. The van der Waals surface area contributed by atoms with Gasteiger partial charge in [0.05, 0.1) is 12.1 Å². The van der Waals surface area contributed by atoms with Crippen LogP contribution in [0.15, 0.2) is 53.4 Å². The molecule has 1 saturated heterocycles. The van der Waals surface area contributed by atoms with Crippen LogP contribution in [0.2, 0.25) is 5.02 Å². The largest absolute Gasteiger partial charge is 0.497 e. The number of methoxy groups -OCH3 is 1. The first-order valence-electron chi connectivity index (χ1n) is 8.11. The lowest BCUT2D eigenvalue weighted by Gasteiger charge is -2.34. The first-order valence-corrected chi connectivity index (χ1v) is 9.93. The molecule has 0 spiro atoms. The second-order valence-corrected chi connectivity index (χ2v) is 8.17. The van der Waals surface area contributed by atoms with E-state index in [1.165, 1.54) is 10.4 Å². The Bertz CT molecular complexity index is 909. The standard InChI is InChI=1S/C18H19ClN2O4S/c1-25-15-6-4-5-14(13-15)18(22)20-9-11-21(12-10-20)26(23,24)17-8-3-2-7-16(17)19/h2-8,13H,9-12H2,1H3. The van der Waals surface area contributed by atoms with E-state index in [4.69, 9.17) is 16.3 Å². The summed E-state index contributed by atoms with van der Waals surface area (Å²) in [6.45, 7) is 1.09. The van der Waals surface area contributed by atoms with Gasteiger partial charge >= 0.3 is 0 Å². The Morgan fingerprint density at radius 2 is 1.73 bits per heavy atom. The minimum Gasteiger partial charge on any atom is -0.497 e. The molecular weight excluding hydrogens is 376 g/mol. The Kier molecular flexibility index (Phi) is 5.50. The maximum atomic E-state index is 12.8. The monoisotopic (exact) mass is 394 g/mol. The zero-order valence-electron chi connectivity index (χ0n) is 14.3. The van der Waals surface area contributed by atoms with E-state index < -0.39 is 10.0 Å². The molecule has 138 valence electrons. The highest BCUT2D eigenvalue weighted by Crippen LogP contribution is 2.25. The molecule has 1 aliphatic heterocycles. The smallest absolute Gasteiger partial charge is 0.254 e. The van der Waals surface area contributed by atoms with Gasteiger partial charge < -0.3 is 9.64 Å². The lowest BCUT2D eigenvalue weighted by Crippen LogP contribution is -2.50. The van der Waals surface area contributed by atoms with E-state index in [2.05, 4.69) is 0 Å².